The fourth-order valence-corrected chi connectivity index (χ4v) is 2.83. The van der Waals surface area contributed by atoms with Crippen LogP contribution in [0.25, 0.3) is 0 Å². The van der Waals surface area contributed by atoms with E-state index in [1.165, 1.54) is 4.88 Å². The number of urea groups is 1. The Hall–Kier alpha value is -1.56. The summed E-state index contributed by atoms with van der Waals surface area (Å²) >= 11 is 1.66. The standard InChI is InChI=1S/C15H24N2O3S/c1-10(2)8-13(14(18)19)16-15(20)17(4)11(3)9-12-6-5-7-21-12/h5-7,10-11,13H,8-9H2,1-4H3,(H,16,20)(H,18,19)/t11?,13-/m0/s1. The van der Waals surface area contributed by atoms with Gasteiger partial charge in [0.15, 0.2) is 0 Å². The summed E-state index contributed by atoms with van der Waals surface area (Å²) in [5.74, 6) is -0.781. The highest BCUT2D eigenvalue weighted by atomic mass is 32.1. The largest absolute Gasteiger partial charge is 0.480 e. The highest BCUT2D eigenvalue weighted by molar-refractivity contribution is 7.09. The first-order valence-corrected chi connectivity index (χ1v) is 7.97. The Morgan fingerprint density at radius 1 is 1.38 bits per heavy atom. The first kappa shape index (κ1) is 17.5. The number of amides is 2. The van der Waals surface area contributed by atoms with Crippen LogP contribution < -0.4 is 5.32 Å². The van der Waals surface area contributed by atoms with Crippen molar-refractivity contribution in [2.24, 2.45) is 5.92 Å². The van der Waals surface area contributed by atoms with E-state index < -0.39 is 12.0 Å². The van der Waals surface area contributed by atoms with Gasteiger partial charge in [-0.3, -0.25) is 0 Å². The van der Waals surface area contributed by atoms with Gasteiger partial charge in [-0.25, -0.2) is 9.59 Å². The van der Waals surface area contributed by atoms with Crippen molar-refractivity contribution in [1.29, 1.82) is 0 Å². The maximum Gasteiger partial charge on any atom is 0.326 e. The molecule has 0 fully saturated rings. The van der Waals surface area contributed by atoms with Gasteiger partial charge in [0.1, 0.15) is 6.04 Å². The second kappa shape index (κ2) is 8.02. The molecule has 0 spiro atoms. The molecule has 5 nitrogen and oxygen atoms in total. The van der Waals surface area contributed by atoms with Crippen molar-refractivity contribution >= 4 is 23.3 Å². The minimum atomic E-state index is -0.989. The Bertz CT molecular complexity index is 459. The van der Waals surface area contributed by atoms with E-state index in [1.807, 2.05) is 38.3 Å². The summed E-state index contributed by atoms with van der Waals surface area (Å²) in [5, 5.41) is 13.8. The third kappa shape index (κ3) is 5.75. The number of nitrogens with zero attached hydrogens (tertiary/aromatic N) is 1. The molecule has 0 aliphatic heterocycles. The summed E-state index contributed by atoms with van der Waals surface area (Å²) in [6.07, 6.45) is 1.19. The molecule has 118 valence electrons. The number of carbonyl (C=O) groups is 2. The number of likely N-dealkylation sites (N-methyl/N-ethyl adjacent to an activating group) is 1. The summed E-state index contributed by atoms with van der Waals surface area (Å²) in [5.41, 5.74) is 0. The highest BCUT2D eigenvalue weighted by Gasteiger charge is 2.24. The third-order valence-electron chi connectivity index (χ3n) is 3.36. The average Bonchev–Trinajstić information content (AvgIpc) is 2.88. The molecule has 2 N–H and O–H groups in total. The Kier molecular flexibility index (Phi) is 6.68. The Morgan fingerprint density at radius 3 is 2.52 bits per heavy atom. The van der Waals surface area contributed by atoms with E-state index in [4.69, 9.17) is 5.11 Å². The van der Waals surface area contributed by atoms with Crippen LogP contribution in [0.15, 0.2) is 17.5 Å². The molecule has 1 aromatic heterocycles. The molecule has 0 aromatic carbocycles. The molecule has 1 rings (SSSR count). The number of carbonyl (C=O) groups excluding carboxylic acids is 1. The number of carboxylic acids is 1. The van der Waals surface area contributed by atoms with Gasteiger partial charge < -0.3 is 15.3 Å². The fraction of sp³-hybridized carbons (Fsp3) is 0.600. The summed E-state index contributed by atoms with van der Waals surface area (Å²) in [7, 11) is 1.70. The molecule has 2 atom stereocenters. The second-order valence-electron chi connectivity index (χ2n) is 5.71. The summed E-state index contributed by atoms with van der Waals surface area (Å²) in [4.78, 5) is 26.1. The number of rotatable bonds is 7. The van der Waals surface area contributed by atoms with Crippen LogP contribution in [0.3, 0.4) is 0 Å². The average molecular weight is 312 g/mol. The van der Waals surface area contributed by atoms with Gasteiger partial charge >= 0.3 is 12.0 Å². The van der Waals surface area contributed by atoms with Gasteiger partial charge in [-0.2, -0.15) is 0 Å². The fourth-order valence-electron chi connectivity index (χ4n) is 2.00. The number of carboxylic acid groups (broad SMARTS) is 1. The highest BCUT2D eigenvalue weighted by Crippen LogP contribution is 2.14. The van der Waals surface area contributed by atoms with Crippen LogP contribution in [0.2, 0.25) is 0 Å². The van der Waals surface area contributed by atoms with Gasteiger partial charge in [0.05, 0.1) is 0 Å². The van der Waals surface area contributed by atoms with Gasteiger partial charge in [0.25, 0.3) is 0 Å². The predicted octanol–water partition coefficient (Wildman–Crippen LogP) is 2.82. The number of thiophene rings is 1. The van der Waals surface area contributed by atoms with E-state index in [0.717, 1.165) is 6.42 Å². The molecule has 2 amide bonds. The lowest BCUT2D eigenvalue weighted by atomic mass is 10.0. The zero-order chi connectivity index (χ0) is 16.0. The molecule has 6 heteroatoms. The molecule has 0 saturated carbocycles. The number of hydrogen-bond acceptors (Lipinski definition) is 3. The Labute approximate surface area is 130 Å². The molecule has 1 unspecified atom stereocenters. The number of aliphatic carboxylic acids is 1. The van der Waals surface area contributed by atoms with Crippen LogP contribution in [0.4, 0.5) is 4.79 Å². The maximum absolute atomic E-state index is 12.2. The number of hydrogen-bond donors (Lipinski definition) is 2. The molecule has 0 aliphatic rings. The maximum atomic E-state index is 12.2. The topological polar surface area (TPSA) is 69.6 Å². The van der Waals surface area contributed by atoms with Crippen LogP contribution >= 0.6 is 11.3 Å². The van der Waals surface area contributed by atoms with Gasteiger partial charge in [0.2, 0.25) is 0 Å². The van der Waals surface area contributed by atoms with Crippen LogP contribution in [0.1, 0.15) is 32.1 Å². The van der Waals surface area contributed by atoms with Crippen LogP contribution in [0.5, 0.6) is 0 Å². The molecule has 1 heterocycles. The molecule has 21 heavy (non-hydrogen) atoms. The van der Waals surface area contributed by atoms with Crippen molar-refractivity contribution in [1.82, 2.24) is 10.2 Å². The zero-order valence-corrected chi connectivity index (χ0v) is 13.8. The quantitative estimate of drug-likeness (QED) is 0.813. The molecule has 0 saturated heterocycles. The first-order chi connectivity index (χ1) is 9.81. The molecular weight excluding hydrogens is 288 g/mol. The summed E-state index contributed by atoms with van der Waals surface area (Å²) in [6.45, 7) is 5.83. The van der Waals surface area contributed by atoms with Crippen molar-refractivity contribution in [3.63, 3.8) is 0 Å². The van der Waals surface area contributed by atoms with E-state index in [2.05, 4.69) is 5.32 Å². The third-order valence-corrected chi connectivity index (χ3v) is 4.26. The van der Waals surface area contributed by atoms with Gasteiger partial charge in [-0.1, -0.05) is 19.9 Å². The van der Waals surface area contributed by atoms with Crippen LogP contribution in [-0.4, -0.2) is 41.1 Å². The molecule has 0 radical (unpaired) electrons. The Balaban J connectivity index is 2.57. The van der Waals surface area contributed by atoms with E-state index in [1.54, 1.807) is 23.3 Å². The lowest BCUT2D eigenvalue weighted by Crippen LogP contribution is -2.50. The predicted molar refractivity (Wildman–Crippen MR) is 84.7 cm³/mol. The molecule has 0 aliphatic carbocycles. The van der Waals surface area contributed by atoms with E-state index in [0.29, 0.717) is 6.42 Å². The molecule has 0 bridgehead atoms. The van der Waals surface area contributed by atoms with E-state index >= 15 is 0 Å². The van der Waals surface area contributed by atoms with Crippen molar-refractivity contribution in [3.8, 4) is 0 Å². The van der Waals surface area contributed by atoms with Gasteiger partial charge in [0, 0.05) is 24.4 Å². The van der Waals surface area contributed by atoms with Gasteiger partial charge in [-0.05, 0) is 30.7 Å². The lowest BCUT2D eigenvalue weighted by molar-refractivity contribution is -0.139. The first-order valence-electron chi connectivity index (χ1n) is 7.09. The van der Waals surface area contributed by atoms with Crippen LogP contribution in [0, 0.1) is 5.92 Å². The minimum Gasteiger partial charge on any atom is -0.480 e. The summed E-state index contributed by atoms with van der Waals surface area (Å²) in [6, 6.07) is 2.85. The number of nitrogens with one attached hydrogen (secondary N) is 1. The molecular formula is C15H24N2O3S. The molecule has 1 aromatic rings. The Morgan fingerprint density at radius 2 is 2.05 bits per heavy atom. The zero-order valence-electron chi connectivity index (χ0n) is 13.0. The lowest BCUT2D eigenvalue weighted by Gasteiger charge is -2.27. The smallest absolute Gasteiger partial charge is 0.326 e. The van der Waals surface area contributed by atoms with E-state index in [-0.39, 0.29) is 18.0 Å². The van der Waals surface area contributed by atoms with Crippen molar-refractivity contribution in [3.05, 3.63) is 22.4 Å². The normalized spacial score (nSPS) is 13.8. The SMILES string of the molecule is CC(C)C[C@H](NC(=O)N(C)C(C)Cc1cccs1)C(=O)O. The monoisotopic (exact) mass is 312 g/mol. The minimum absolute atomic E-state index is 0.0112. The summed E-state index contributed by atoms with van der Waals surface area (Å²) < 4.78 is 0. The van der Waals surface area contributed by atoms with Gasteiger partial charge in [-0.15, -0.1) is 11.3 Å². The van der Waals surface area contributed by atoms with E-state index in [9.17, 15) is 9.59 Å². The van der Waals surface area contributed by atoms with Crippen molar-refractivity contribution in [2.75, 3.05) is 7.05 Å². The van der Waals surface area contributed by atoms with Crippen molar-refractivity contribution in [2.45, 2.75) is 45.7 Å². The van der Waals surface area contributed by atoms with Crippen molar-refractivity contribution < 1.29 is 14.7 Å². The second-order valence-corrected chi connectivity index (χ2v) is 6.75. The van der Waals surface area contributed by atoms with Crippen LogP contribution in [-0.2, 0) is 11.2 Å².